The summed E-state index contributed by atoms with van der Waals surface area (Å²) in [6.45, 7) is 2.17. The Balaban J connectivity index is 1.84. The van der Waals surface area contributed by atoms with E-state index in [0.29, 0.717) is 6.42 Å². The van der Waals surface area contributed by atoms with Crippen molar-refractivity contribution in [2.45, 2.75) is 44.1 Å². The molecular weight excluding hydrogens is 224 g/mol. The first kappa shape index (κ1) is 10.1. The summed E-state index contributed by atoms with van der Waals surface area (Å²) in [5.41, 5.74) is 1.01. The second-order valence-electron chi connectivity index (χ2n) is 4.94. The summed E-state index contributed by atoms with van der Waals surface area (Å²) in [6, 6.07) is 0. The number of anilines is 1. The number of carbonyl (C=O) groups is 1. The number of carboxylic acids is 1. The van der Waals surface area contributed by atoms with Gasteiger partial charge in [-0.3, -0.25) is 4.79 Å². The van der Waals surface area contributed by atoms with Crippen molar-refractivity contribution in [2.75, 3.05) is 5.32 Å². The van der Waals surface area contributed by atoms with Gasteiger partial charge in [-0.05, 0) is 32.6 Å². The third kappa shape index (κ3) is 1.59. The van der Waals surface area contributed by atoms with Gasteiger partial charge < -0.3 is 10.4 Å². The monoisotopic (exact) mass is 238 g/mol. The van der Waals surface area contributed by atoms with Crippen LogP contribution >= 0.6 is 11.3 Å². The maximum Gasteiger partial charge on any atom is 0.312 e. The summed E-state index contributed by atoms with van der Waals surface area (Å²) in [4.78, 5) is 16.6. The molecule has 1 heterocycles. The van der Waals surface area contributed by atoms with Crippen molar-refractivity contribution < 1.29 is 9.90 Å². The average molecular weight is 238 g/mol. The second-order valence-corrected chi connectivity index (χ2v) is 6.03. The van der Waals surface area contributed by atoms with Crippen LogP contribution in [0.1, 0.15) is 42.7 Å². The summed E-state index contributed by atoms with van der Waals surface area (Å²) in [5, 5.41) is 13.4. The minimum Gasteiger partial charge on any atom is -0.481 e. The van der Waals surface area contributed by atoms with Crippen molar-refractivity contribution in [3.05, 3.63) is 10.6 Å². The zero-order valence-electron chi connectivity index (χ0n) is 9.12. The van der Waals surface area contributed by atoms with Crippen molar-refractivity contribution in [3.63, 3.8) is 0 Å². The number of hydrogen-bond donors (Lipinski definition) is 2. The molecule has 0 spiro atoms. The molecule has 16 heavy (non-hydrogen) atoms. The molecule has 0 radical (unpaired) electrons. The molecule has 1 unspecified atom stereocenters. The Hall–Kier alpha value is -1.10. The lowest BCUT2D eigenvalue weighted by Crippen LogP contribution is -2.16. The minimum atomic E-state index is -0.742. The summed E-state index contributed by atoms with van der Waals surface area (Å²) in [6.07, 6.45) is 3.93. The SMILES string of the molecule is CC1(Nc2nc3c(s2)CCC3C(=O)O)CC1. The van der Waals surface area contributed by atoms with Crippen LogP contribution in [0.2, 0.25) is 0 Å². The first-order valence-electron chi connectivity index (χ1n) is 5.58. The van der Waals surface area contributed by atoms with Crippen LogP contribution < -0.4 is 5.32 Å². The number of fused-ring (bicyclic) bond motifs is 1. The zero-order chi connectivity index (χ0) is 11.3. The van der Waals surface area contributed by atoms with Crippen molar-refractivity contribution >= 4 is 22.4 Å². The number of nitrogens with one attached hydrogen (secondary N) is 1. The van der Waals surface area contributed by atoms with Gasteiger partial charge in [0.25, 0.3) is 0 Å². The van der Waals surface area contributed by atoms with Crippen LogP contribution in [0.4, 0.5) is 5.13 Å². The Labute approximate surface area is 97.7 Å². The van der Waals surface area contributed by atoms with Crippen LogP contribution in [-0.4, -0.2) is 21.6 Å². The van der Waals surface area contributed by atoms with E-state index < -0.39 is 5.97 Å². The van der Waals surface area contributed by atoms with E-state index in [1.54, 1.807) is 11.3 Å². The molecule has 1 fully saturated rings. The normalized spacial score (nSPS) is 25.2. The van der Waals surface area contributed by atoms with E-state index in [9.17, 15) is 4.79 Å². The van der Waals surface area contributed by atoms with Gasteiger partial charge in [0.05, 0.1) is 5.69 Å². The van der Waals surface area contributed by atoms with Crippen molar-refractivity contribution in [2.24, 2.45) is 0 Å². The molecule has 0 saturated heterocycles. The molecule has 2 aliphatic carbocycles. The van der Waals surface area contributed by atoms with Crippen LogP contribution in [0.15, 0.2) is 0 Å². The van der Waals surface area contributed by atoms with E-state index in [4.69, 9.17) is 5.11 Å². The highest BCUT2D eigenvalue weighted by Gasteiger charge is 2.39. The van der Waals surface area contributed by atoms with Gasteiger partial charge in [-0.2, -0.15) is 0 Å². The molecule has 3 rings (SSSR count). The smallest absolute Gasteiger partial charge is 0.312 e. The molecule has 0 amide bonds. The molecule has 4 nitrogen and oxygen atoms in total. The second kappa shape index (κ2) is 3.20. The van der Waals surface area contributed by atoms with Gasteiger partial charge in [-0.1, -0.05) is 0 Å². The predicted molar refractivity (Wildman–Crippen MR) is 62.1 cm³/mol. The van der Waals surface area contributed by atoms with Crippen molar-refractivity contribution in [3.8, 4) is 0 Å². The summed E-state index contributed by atoms with van der Waals surface area (Å²) in [5.74, 6) is -1.12. The Bertz CT molecular complexity index is 451. The fraction of sp³-hybridized carbons (Fsp3) is 0.636. The first-order valence-corrected chi connectivity index (χ1v) is 6.40. The average Bonchev–Trinajstić information content (AvgIpc) is 2.63. The predicted octanol–water partition coefficient (Wildman–Crippen LogP) is 2.22. The summed E-state index contributed by atoms with van der Waals surface area (Å²) >= 11 is 1.62. The molecule has 0 aromatic carbocycles. The van der Waals surface area contributed by atoms with E-state index in [-0.39, 0.29) is 11.5 Å². The van der Waals surface area contributed by atoms with Crippen molar-refractivity contribution in [1.29, 1.82) is 0 Å². The number of rotatable bonds is 3. The molecule has 86 valence electrons. The molecule has 1 aromatic heterocycles. The zero-order valence-corrected chi connectivity index (χ0v) is 9.93. The Morgan fingerprint density at radius 2 is 2.38 bits per heavy atom. The molecule has 0 bridgehead atoms. The van der Waals surface area contributed by atoms with Crippen LogP contribution in [0.3, 0.4) is 0 Å². The minimum absolute atomic E-state index is 0.213. The molecule has 2 N–H and O–H groups in total. The number of aromatic nitrogens is 1. The number of hydrogen-bond acceptors (Lipinski definition) is 4. The van der Waals surface area contributed by atoms with Crippen LogP contribution in [0, 0.1) is 0 Å². The Morgan fingerprint density at radius 1 is 1.62 bits per heavy atom. The lowest BCUT2D eigenvalue weighted by molar-refractivity contribution is -0.138. The molecular formula is C11H14N2O2S. The number of thiazole rings is 1. The van der Waals surface area contributed by atoms with Gasteiger partial charge in [-0.25, -0.2) is 4.98 Å². The fourth-order valence-corrected chi connectivity index (χ4v) is 3.28. The standard InChI is InChI=1S/C11H14N2O2S/c1-11(4-5-11)13-10-12-8-6(9(14)15)2-3-7(8)16-10/h6H,2-5H2,1H3,(H,12,13)(H,14,15). The van der Waals surface area contributed by atoms with Crippen molar-refractivity contribution in [1.82, 2.24) is 4.98 Å². The molecule has 1 saturated carbocycles. The quantitative estimate of drug-likeness (QED) is 0.847. The number of carboxylic acid groups (broad SMARTS) is 1. The maximum atomic E-state index is 11.0. The van der Waals surface area contributed by atoms with Gasteiger partial charge >= 0.3 is 5.97 Å². The van der Waals surface area contributed by atoms with Gasteiger partial charge in [0.1, 0.15) is 5.92 Å². The van der Waals surface area contributed by atoms with E-state index >= 15 is 0 Å². The molecule has 0 aliphatic heterocycles. The fourth-order valence-electron chi connectivity index (χ4n) is 2.09. The van der Waals surface area contributed by atoms with Gasteiger partial charge in [0.15, 0.2) is 5.13 Å². The molecule has 1 atom stereocenters. The van der Waals surface area contributed by atoms with E-state index in [2.05, 4.69) is 17.2 Å². The van der Waals surface area contributed by atoms with Crippen LogP contribution in [0.5, 0.6) is 0 Å². The third-order valence-electron chi connectivity index (χ3n) is 3.42. The Morgan fingerprint density at radius 3 is 3.00 bits per heavy atom. The number of nitrogens with zero attached hydrogens (tertiary/aromatic N) is 1. The van der Waals surface area contributed by atoms with Crippen LogP contribution in [0.25, 0.3) is 0 Å². The molecule has 5 heteroatoms. The van der Waals surface area contributed by atoms with Gasteiger partial charge in [-0.15, -0.1) is 11.3 Å². The molecule has 2 aliphatic rings. The molecule has 1 aromatic rings. The van der Waals surface area contributed by atoms with E-state index in [1.165, 1.54) is 12.8 Å². The summed E-state index contributed by atoms with van der Waals surface area (Å²) < 4.78 is 0. The van der Waals surface area contributed by atoms with E-state index in [0.717, 1.165) is 22.1 Å². The van der Waals surface area contributed by atoms with Gasteiger partial charge in [0.2, 0.25) is 0 Å². The highest BCUT2D eigenvalue weighted by molar-refractivity contribution is 7.15. The number of aliphatic carboxylic acids is 1. The lowest BCUT2D eigenvalue weighted by atomic mass is 10.1. The Kier molecular flexibility index (Phi) is 2.01. The lowest BCUT2D eigenvalue weighted by Gasteiger charge is -2.09. The highest BCUT2D eigenvalue weighted by atomic mass is 32.1. The highest BCUT2D eigenvalue weighted by Crippen LogP contribution is 2.43. The maximum absolute atomic E-state index is 11.0. The third-order valence-corrected chi connectivity index (χ3v) is 4.47. The van der Waals surface area contributed by atoms with E-state index in [1.807, 2.05) is 0 Å². The largest absolute Gasteiger partial charge is 0.481 e. The first-order chi connectivity index (χ1) is 7.57. The summed E-state index contributed by atoms with van der Waals surface area (Å²) in [7, 11) is 0. The van der Waals surface area contributed by atoms with Crippen LogP contribution in [-0.2, 0) is 11.2 Å². The van der Waals surface area contributed by atoms with Gasteiger partial charge in [0, 0.05) is 10.4 Å². The number of aryl methyl sites for hydroxylation is 1. The topological polar surface area (TPSA) is 62.2 Å².